The number of para-hydroxylation sites is 2. The highest BCUT2D eigenvalue weighted by molar-refractivity contribution is 6.30. The van der Waals surface area contributed by atoms with E-state index in [1.54, 1.807) is 24.3 Å². The van der Waals surface area contributed by atoms with Crippen molar-refractivity contribution in [2.45, 2.75) is 12.6 Å². The number of ether oxygens (including phenoxy) is 1. The Morgan fingerprint density at radius 3 is 2.65 bits per heavy atom. The summed E-state index contributed by atoms with van der Waals surface area (Å²) in [6, 6.07) is 14.9. The lowest BCUT2D eigenvalue weighted by Gasteiger charge is -2.12. The molecule has 0 radical (unpaired) electrons. The van der Waals surface area contributed by atoms with E-state index in [2.05, 4.69) is 0 Å². The van der Waals surface area contributed by atoms with Crippen LogP contribution in [0.4, 0.5) is 5.95 Å². The van der Waals surface area contributed by atoms with Gasteiger partial charge in [-0.2, -0.15) is 0 Å². The van der Waals surface area contributed by atoms with Crippen LogP contribution < -0.4 is 15.0 Å². The number of aryl methyl sites for hydroxylation is 1. The first-order valence-corrected chi connectivity index (χ1v) is 7.73. The zero-order valence-corrected chi connectivity index (χ0v) is 13.6. The van der Waals surface area contributed by atoms with Crippen LogP contribution >= 0.6 is 11.6 Å². The van der Waals surface area contributed by atoms with Gasteiger partial charge in [-0.05, 0) is 36.4 Å². The smallest absolute Gasteiger partial charge is 0.355 e. The number of fused-ring (bicyclic) bond motifs is 1. The van der Waals surface area contributed by atoms with Gasteiger partial charge in [-0.3, -0.25) is 5.73 Å². The lowest BCUT2D eigenvalue weighted by atomic mass is 10.3. The molecule has 3 rings (SSSR count). The summed E-state index contributed by atoms with van der Waals surface area (Å²) in [7, 11) is 1.91. The summed E-state index contributed by atoms with van der Waals surface area (Å²) >= 11 is 5.83. The number of anilines is 1. The number of nitrogens with two attached hydrogens (primary N) is 1. The minimum Gasteiger partial charge on any atom is -0.491 e. The number of halogens is 1. The topological polar surface area (TPSA) is 64.3 Å². The van der Waals surface area contributed by atoms with Gasteiger partial charge in [0.05, 0.1) is 7.05 Å². The van der Waals surface area contributed by atoms with Crippen molar-refractivity contribution in [1.29, 1.82) is 0 Å². The van der Waals surface area contributed by atoms with Gasteiger partial charge in [0, 0.05) is 5.02 Å². The maximum Gasteiger partial charge on any atom is 0.355 e. The summed E-state index contributed by atoms with van der Waals surface area (Å²) in [6.07, 6.45) is -0.677. The first kappa shape index (κ1) is 15.6. The molecule has 0 saturated carbocycles. The SMILES string of the molecule is C[n+]1c(N)n(C[C@@H](O)COc2ccc(Cl)cc2)c2ccccc21. The number of imidazole rings is 1. The van der Waals surface area contributed by atoms with Gasteiger partial charge in [0.25, 0.3) is 0 Å². The molecule has 1 aromatic heterocycles. The van der Waals surface area contributed by atoms with Crippen molar-refractivity contribution in [2.24, 2.45) is 7.05 Å². The lowest BCUT2D eigenvalue weighted by Crippen LogP contribution is -2.32. The lowest BCUT2D eigenvalue weighted by molar-refractivity contribution is -0.630. The van der Waals surface area contributed by atoms with Crippen LogP contribution in [0.25, 0.3) is 11.0 Å². The van der Waals surface area contributed by atoms with E-state index in [4.69, 9.17) is 22.1 Å². The summed E-state index contributed by atoms with van der Waals surface area (Å²) in [6.45, 7) is 0.540. The van der Waals surface area contributed by atoms with E-state index in [1.165, 1.54) is 0 Å². The minimum absolute atomic E-state index is 0.178. The van der Waals surface area contributed by atoms with Crippen molar-refractivity contribution in [3.8, 4) is 5.75 Å². The number of aliphatic hydroxyl groups is 1. The van der Waals surface area contributed by atoms with Crippen LogP contribution in [-0.2, 0) is 13.6 Å². The number of nitrogen functional groups attached to an aromatic ring is 1. The summed E-state index contributed by atoms with van der Waals surface area (Å²) < 4.78 is 9.38. The quantitative estimate of drug-likeness (QED) is 0.704. The molecule has 120 valence electrons. The highest BCUT2D eigenvalue weighted by Crippen LogP contribution is 2.18. The molecule has 0 unspecified atom stereocenters. The fourth-order valence-corrected chi connectivity index (χ4v) is 2.71. The number of rotatable bonds is 5. The van der Waals surface area contributed by atoms with Crippen molar-refractivity contribution in [2.75, 3.05) is 12.3 Å². The van der Waals surface area contributed by atoms with Crippen LogP contribution in [0.2, 0.25) is 5.02 Å². The third-order valence-electron chi connectivity index (χ3n) is 3.80. The van der Waals surface area contributed by atoms with Crippen LogP contribution in [0.3, 0.4) is 0 Å². The molecular formula is C17H19ClN3O2+. The molecule has 1 atom stereocenters. The van der Waals surface area contributed by atoms with Gasteiger partial charge in [0.2, 0.25) is 0 Å². The molecule has 2 aromatic carbocycles. The standard InChI is InChI=1S/C17H18ClN3O2/c1-20-15-4-2-3-5-16(15)21(17(20)19)10-13(22)11-23-14-8-6-12(18)7-9-14/h2-9,13,19,22H,10-11H2,1H3/p+1/t13-/m1/s1. The molecule has 6 heteroatoms. The zero-order chi connectivity index (χ0) is 16.4. The molecule has 3 N–H and O–H groups in total. The summed E-state index contributed by atoms with van der Waals surface area (Å²) in [5.41, 5.74) is 8.16. The van der Waals surface area contributed by atoms with Crippen molar-refractivity contribution in [1.82, 2.24) is 4.57 Å². The van der Waals surface area contributed by atoms with E-state index in [-0.39, 0.29) is 6.61 Å². The van der Waals surface area contributed by atoms with Gasteiger partial charge < -0.3 is 9.84 Å². The molecule has 0 bridgehead atoms. The summed E-state index contributed by atoms with van der Waals surface area (Å²) in [5, 5.41) is 10.9. The highest BCUT2D eigenvalue weighted by atomic mass is 35.5. The van der Waals surface area contributed by atoms with E-state index >= 15 is 0 Å². The summed E-state index contributed by atoms with van der Waals surface area (Å²) in [5.74, 6) is 1.26. The fraction of sp³-hybridized carbons (Fsp3) is 0.235. The molecule has 0 aliphatic heterocycles. The highest BCUT2D eigenvalue weighted by Gasteiger charge is 2.20. The van der Waals surface area contributed by atoms with E-state index in [0.717, 1.165) is 11.0 Å². The Morgan fingerprint density at radius 1 is 1.22 bits per heavy atom. The van der Waals surface area contributed by atoms with E-state index in [1.807, 2.05) is 40.4 Å². The van der Waals surface area contributed by atoms with Gasteiger partial charge in [-0.1, -0.05) is 23.7 Å². The van der Waals surface area contributed by atoms with Gasteiger partial charge in [0.15, 0.2) is 0 Å². The van der Waals surface area contributed by atoms with Gasteiger partial charge in [-0.25, -0.2) is 9.13 Å². The second kappa shape index (κ2) is 6.48. The van der Waals surface area contributed by atoms with E-state index in [0.29, 0.717) is 23.3 Å². The van der Waals surface area contributed by atoms with Crippen LogP contribution in [0.5, 0.6) is 5.75 Å². The van der Waals surface area contributed by atoms with Crippen LogP contribution in [0.15, 0.2) is 48.5 Å². The number of benzene rings is 2. The maximum atomic E-state index is 10.3. The number of nitrogens with zero attached hydrogens (tertiary/aromatic N) is 2. The average Bonchev–Trinajstić information content (AvgIpc) is 2.80. The Balaban J connectivity index is 1.72. The molecule has 0 aliphatic rings. The van der Waals surface area contributed by atoms with Crippen molar-refractivity contribution in [3.05, 3.63) is 53.6 Å². The average molecular weight is 333 g/mol. The van der Waals surface area contributed by atoms with Crippen LogP contribution in [0.1, 0.15) is 0 Å². The predicted octanol–water partition coefficient (Wildman–Crippen LogP) is 2.14. The molecule has 3 aromatic rings. The van der Waals surface area contributed by atoms with E-state index < -0.39 is 6.10 Å². The van der Waals surface area contributed by atoms with Crippen molar-refractivity contribution in [3.63, 3.8) is 0 Å². The third-order valence-corrected chi connectivity index (χ3v) is 4.06. The molecule has 23 heavy (non-hydrogen) atoms. The predicted molar refractivity (Wildman–Crippen MR) is 90.5 cm³/mol. The molecular weight excluding hydrogens is 314 g/mol. The number of aliphatic hydroxyl groups excluding tert-OH is 1. The van der Waals surface area contributed by atoms with Crippen LogP contribution in [0, 0.1) is 0 Å². The van der Waals surface area contributed by atoms with E-state index in [9.17, 15) is 5.11 Å². The van der Waals surface area contributed by atoms with Crippen molar-refractivity contribution >= 4 is 28.6 Å². The number of hydrogen-bond donors (Lipinski definition) is 2. The third kappa shape index (κ3) is 3.25. The largest absolute Gasteiger partial charge is 0.491 e. The monoisotopic (exact) mass is 332 g/mol. The zero-order valence-electron chi connectivity index (χ0n) is 12.8. The van der Waals surface area contributed by atoms with Gasteiger partial charge in [0.1, 0.15) is 36.0 Å². The maximum absolute atomic E-state index is 10.3. The second-order valence-corrected chi connectivity index (χ2v) is 5.87. The molecule has 0 amide bonds. The Labute approximate surface area is 139 Å². The fourth-order valence-electron chi connectivity index (χ4n) is 2.58. The number of hydrogen-bond acceptors (Lipinski definition) is 3. The number of aromatic nitrogens is 2. The second-order valence-electron chi connectivity index (χ2n) is 5.44. The first-order valence-electron chi connectivity index (χ1n) is 7.35. The normalized spacial score (nSPS) is 12.5. The Kier molecular flexibility index (Phi) is 4.41. The molecule has 0 spiro atoms. The minimum atomic E-state index is -0.677. The Morgan fingerprint density at radius 2 is 1.91 bits per heavy atom. The molecule has 0 fully saturated rings. The first-order chi connectivity index (χ1) is 11.1. The Hall–Kier alpha value is -2.24. The molecule has 5 nitrogen and oxygen atoms in total. The molecule has 0 saturated heterocycles. The van der Waals surface area contributed by atoms with Crippen LogP contribution in [-0.4, -0.2) is 22.4 Å². The Bertz CT molecular complexity index is 815. The van der Waals surface area contributed by atoms with Gasteiger partial charge >= 0.3 is 5.95 Å². The molecule has 1 heterocycles. The summed E-state index contributed by atoms with van der Waals surface area (Å²) in [4.78, 5) is 0. The van der Waals surface area contributed by atoms with Gasteiger partial charge in [-0.15, -0.1) is 0 Å². The van der Waals surface area contributed by atoms with Crippen molar-refractivity contribution < 1.29 is 14.4 Å². The molecule has 0 aliphatic carbocycles.